The lowest BCUT2D eigenvalue weighted by molar-refractivity contribution is -0.155. The fourth-order valence-electron chi connectivity index (χ4n) is 2.97. The molecular weight excluding hydrogens is 264 g/mol. The molecule has 1 N–H and O–H groups in total. The minimum absolute atomic E-state index is 0.0264. The van der Waals surface area contributed by atoms with Crippen molar-refractivity contribution in [3.05, 3.63) is 35.9 Å². The standard InChI is InChI=1S/C17H24N2O2/c1-5-19-14(11-12(2)3)15(20)18-17(4,16(19)21)13-9-7-6-8-10-13/h6-10,12,14H,5,11H2,1-4H3,(H,18,20). The van der Waals surface area contributed by atoms with Crippen LogP contribution in [0.4, 0.5) is 0 Å². The monoisotopic (exact) mass is 288 g/mol. The third kappa shape index (κ3) is 2.80. The molecule has 1 saturated heterocycles. The van der Waals surface area contributed by atoms with Crippen molar-refractivity contribution >= 4 is 11.8 Å². The molecule has 0 saturated carbocycles. The van der Waals surface area contributed by atoms with Crippen LogP contribution in [0.1, 0.15) is 39.7 Å². The zero-order valence-electron chi connectivity index (χ0n) is 13.2. The van der Waals surface area contributed by atoms with Crippen LogP contribution in [0.15, 0.2) is 30.3 Å². The number of hydrogen-bond donors (Lipinski definition) is 1. The average Bonchev–Trinajstić information content (AvgIpc) is 2.46. The van der Waals surface area contributed by atoms with Gasteiger partial charge in [-0.2, -0.15) is 0 Å². The zero-order chi connectivity index (χ0) is 15.6. The van der Waals surface area contributed by atoms with E-state index in [0.29, 0.717) is 18.9 Å². The van der Waals surface area contributed by atoms with Gasteiger partial charge in [0.05, 0.1) is 0 Å². The molecule has 4 heteroatoms. The Kier molecular flexibility index (Phi) is 4.35. The smallest absolute Gasteiger partial charge is 0.253 e. The molecule has 1 heterocycles. The van der Waals surface area contributed by atoms with Crippen LogP contribution >= 0.6 is 0 Å². The highest BCUT2D eigenvalue weighted by molar-refractivity contribution is 6.00. The van der Waals surface area contributed by atoms with E-state index >= 15 is 0 Å². The Hall–Kier alpha value is -1.84. The Balaban J connectivity index is 2.37. The summed E-state index contributed by atoms with van der Waals surface area (Å²) in [7, 11) is 0. The molecule has 2 amide bonds. The van der Waals surface area contributed by atoms with E-state index < -0.39 is 5.54 Å². The van der Waals surface area contributed by atoms with Crippen LogP contribution in [0.5, 0.6) is 0 Å². The summed E-state index contributed by atoms with van der Waals surface area (Å²) in [4.78, 5) is 27.2. The maximum absolute atomic E-state index is 12.9. The van der Waals surface area contributed by atoms with Gasteiger partial charge in [-0.05, 0) is 31.7 Å². The molecule has 0 spiro atoms. The molecule has 2 unspecified atom stereocenters. The summed E-state index contributed by atoms with van der Waals surface area (Å²) < 4.78 is 0. The second-order valence-corrected chi connectivity index (χ2v) is 6.22. The van der Waals surface area contributed by atoms with E-state index in [0.717, 1.165) is 5.56 Å². The molecule has 21 heavy (non-hydrogen) atoms. The molecular formula is C17H24N2O2. The van der Waals surface area contributed by atoms with Gasteiger partial charge >= 0.3 is 0 Å². The van der Waals surface area contributed by atoms with E-state index in [2.05, 4.69) is 19.2 Å². The molecule has 1 aromatic rings. The normalized spacial score (nSPS) is 26.1. The molecule has 0 aromatic heterocycles. The van der Waals surface area contributed by atoms with Gasteiger partial charge in [0.25, 0.3) is 5.91 Å². The number of amides is 2. The first-order chi connectivity index (χ1) is 9.90. The second kappa shape index (κ2) is 5.88. The van der Waals surface area contributed by atoms with Crippen molar-refractivity contribution in [2.45, 2.75) is 45.7 Å². The number of rotatable bonds is 4. The minimum Gasteiger partial charge on any atom is -0.336 e. The molecule has 2 rings (SSSR count). The largest absolute Gasteiger partial charge is 0.336 e. The van der Waals surface area contributed by atoms with Crippen molar-refractivity contribution in [3.63, 3.8) is 0 Å². The summed E-state index contributed by atoms with van der Waals surface area (Å²) >= 11 is 0. The lowest BCUT2D eigenvalue weighted by atomic mass is 9.85. The molecule has 4 nitrogen and oxygen atoms in total. The van der Waals surface area contributed by atoms with E-state index in [1.807, 2.05) is 37.3 Å². The number of carbonyl (C=O) groups is 2. The lowest BCUT2D eigenvalue weighted by Gasteiger charge is -2.44. The Bertz CT molecular complexity index is 527. The second-order valence-electron chi connectivity index (χ2n) is 6.22. The maximum Gasteiger partial charge on any atom is 0.253 e. The van der Waals surface area contributed by atoms with Gasteiger partial charge in [-0.25, -0.2) is 0 Å². The quantitative estimate of drug-likeness (QED) is 0.924. The topological polar surface area (TPSA) is 49.4 Å². The summed E-state index contributed by atoms with van der Waals surface area (Å²) in [6.45, 7) is 8.39. The highest BCUT2D eigenvalue weighted by Crippen LogP contribution is 2.30. The van der Waals surface area contributed by atoms with Gasteiger partial charge in [-0.3, -0.25) is 9.59 Å². The fraction of sp³-hybridized carbons (Fsp3) is 0.529. The highest BCUT2D eigenvalue weighted by atomic mass is 16.2. The van der Waals surface area contributed by atoms with Gasteiger partial charge in [0, 0.05) is 6.54 Å². The number of piperazine rings is 1. The van der Waals surface area contributed by atoms with Crippen LogP contribution in [0.25, 0.3) is 0 Å². The predicted octanol–water partition coefficient (Wildman–Crippen LogP) is 2.29. The first-order valence-corrected chi connectivity index (χ1v) is 7.58. The molecule has 0 aliphatic carbocycles. The van der Waals surface area contributed by atoms with Crippen LogP contribution in [-0.4, -0.2) is 29.3 Å². The third-order valence-electron chi connectivity index (χ3n) is 4.13. The maximum atomic E-state index is 12.9. The number of likely N-dealkylation sites (N-methyl/N-ethyl adjacent to an activating group) is 1. The molecule has 1 fully saturated rings. The van der Waals surface area contributed by atoms with Crippen LogP contribution in [0, 0.1) is 5.92 Å². The third-order valence-corrected chi connectivity index (χ3v) is 4.13. The Labute approximate surface area is 126 Å². The lowest BCUT2D eigenvalue weighted by Crippen LogP contribution is -2.67. The van der Waals surface area contributed by atoms with Gasteiger partial charge in [0.2, 0.25) is 5.91 Å². The van der Waals surface area contributed by atoms with Crippen LogP contribution < -0.4 is 5.32 Å². The SMILES string of the molecule is CCN1C(=O)C(C)(c2ccccc2)NC(=O)C1CC(C)C. The molecule has 1 aliphatic heterocycles. The minimum atomic E-state index is -0.970. The van der Waals surface area contributed by atoms with Crippen LogP contribution in [0.2, 0.25) is 0 Å². The number of nitrogens with zero attached hydrogens (tertiary/aromatic N) is 1. The van der Waals surface area contributed by atoms with Crippen LogP contribution in [-0.2, 0) is 15.1 Å². The summed E-state index contributed by atoms with van der Waals surface area (Å²) in [6, 6.07) is 9.08. The fourth-order valence-corrected chi connectivity index (χ4v) is 2.97. The number of benzene rings is 1. The zero-order valence-corrected chi connectivity index (χ0v) is 13.2. The molecule has 0 radical (unpaired) electrons. The van der Waals surface area contributed by atoms with Gasteiger partial charge in [0.1, 0.15) is 11.6 Å². The molecule has 2 atom stereocenters. The van der Waals surface area contributed by atoms with Crippen LogP contribution in [0.3, 0.4) is 0 Å². The van der Waals surface area contributed by atoms with E-state index in [1.54, 1.807) is 11.8 Å². The number of carbonyl (C=O) groups excluding carboxylic acids is 2. The van der Waals surface area contributed by atoms with Gasteiger partial charge < -0.3 is 10.2 Å². The Morgan fingerprint density at radius 2 is 1.86 bits per heavy atom. The van der Waals surface area contributed by atoms with Gasteiger partial charge in [0.15, 0.2) is 0 Å². The van der Waals surface area contributed by atoms with Crippen molar-refractivity contribution < 1.29 is 9.59 Å². The van der Waals surface area contributed by atoms with Gasteiger partial charge in [-0.15, -0.1) is 0 Å². The summed E-state index contributed by atoms with van der Waals surface area (Å²) in [5.41, 5.74) is -0.147. The first-order valence-electron chi connectivity index (χ1n) is 7.58. The van der Waals surface area contributed by atoms with Crippen molar-refractivity contribution in [2.24, 2.45) is 5.92 Å². The van der Waals surface area contributed by atoms with E-state index in [9.17, 15) is 9.59 Å². The van der Waals surface area contributed by atoms with Crippen molar-refractivity contribution in [1.82, 2.24) is 10.2 Å². The van der Waals surface area contributed by atoms with Gasteiger partial charge in [-0.1, -0.05) is 44.2 Å². The predicted molar refractivity (Wildman–Crippen MR) is 82.6 cm³/mol. The molecule has 114 valence electrons. The number of nitrogens with one attached hydrogen (secondary N) is 1. The molecule has 0 bridgehead atoms. The Morgan fingerprint density at radius 1 is 1.24 bits per heavy atom. The van der Waals surface area contributed by atoms with Crippen molar-refractivity contribution in [2.75, 3.05) is 6.54 Å². The van der Waals surface area contributed by atoms with E-state index in [4.69, 9.17) is 0 Å². The van der Waals surface area contributed by atoms with E-state index in [1.165, 1.54) is 0 Å². The first kappa shape index (κ1) is 15.5. The highest BCUT2D eigenvalue weighted by Gasteiger charge is 2.48. The summed E-state index contributed by atoms with van der Waals surface area (Å²) in [5, 5.41) is 2.95. The van der Waals surface area contributed by atoms with E-state index in [-0.39, 0.29) is 17.9 Å². The Morgan fingerprint density at radius 3 is 2.38 bits per heavy atom. The number of hydrogen-bond acceptors (Lipinski definition) is 2. The molecule has 1 aromatic carbocycles. The van der Waals surface area contributed by atoms with Crippen molar-refractivity contribution in [3.8, 4) is 0 Å². The van der Waals surface area contributed by atoms with Crippen molar-refractivity contribution in [1.29, 1.82) is 0 Å². The summed E-state index contributed by atoms with van der Waals surface area (Å²) in [6.07, 6.45) is 0.691. The average molecular weight is 288 g/mol. The molecule has 1 aliphatic rings. The summed E-state index contributed by atoms with van der Waals surface area (Å²) in [5.74, 6) is 0.279.